The largest absolute Gasteiger partial charge is 0.460 e. The number of oxime groups is 1. The molecule has 0 aromatic carbocycles. The maximum Gasteiger partial charge on any atom is 0.362 e. The van der Waals surface area contributed by atoms with Gasteiger partial charge in [-0.1, -0.05) is 12.1 Å². The number of nitrogen functional groups attached to an aromatic ring is 1. The number of ether oxygens (including phenoxy) is 2. The maximum absolute atomic E-state index is 12.3. The van der Waals surface area contributed by atoms with E-state index in [-0.39, 0.29) is 34.6 Å². The van der Waals surface area contributed by atoms with E-state index in [0.29, 0.717) is 0 Å². The third-order valence-electron chi connectivity index (χ3n) is 3.07. The molecular weight excluding hydrogens is 410 g/mol. The van der Waals surface area contributed by atoms with Crippen molar-refractivity contribution in [2.75, 3.05) is 23.8 Å². The molecule has 0 radical (unpaired) electrons. The maximum atomic E-state index is 12.3. The zero-order valence-corrected chi connectivity index (χ0v) is 18.1. The summed E-state index contributed by atoms with van der Waals surface area (Å²) in [7, 11) is -3.30. The van der Waals surface area contributed by atoms with Crippen molar-refractivity contribution in [2.24, 2.45) is 5.16 Å². The minimum atomic E-state index is -3.30. The van der Waals surface area contributed by atoms with Gasteiger partial charge in [0.2, 0.25) is 11.8 Å². The molecule has 0 aliphatic carbocycles. The quantitative estimate of drug-likeness (QED) is 0.342. The van der Waals surface area contributed by atoms with Crippen molar-refractivity contribution in [3.05, 3.63) is 11.1 Å². The molecule has 1 unspecified atom stereocenters. The second kappa shape index (κ2) is 9.82. The van der Waals surface area contributed by atoms with Gasteiger partial charge in [-0.15, -0.1) is 11.3 Å². The Kier molecular flexibility index (Phi) is 8.36. The molecule has 0 saturated heterocycles. The highest BCUT2D eigenvalue weighted by Crippen LogP contribution is 2.14. The van der Waals surface area contributed by atoms with Crippen LogP contribution < -0.4 is 5.73 Å². The van der Waals surface area contributed by atoms with E-state index in [4.69, 9.17) is 20.0 Å². The average molecular weight is 436 g/mol. The van der Waals surface area contributed by atoms with Gasteiger partial charge in [0.15, 0.2) is 15.0 Å². The molecule has 0 saturated carbocycles. The van der Waals surface area contributed by atoms with Crippen LogP contribution in [0.1, 0.15) is 40.3 Å². The summed E-state index contributed by atoms with van der Waals surface area (Å²) >= 11 is 1.07. The molecule has 2 N–H and O–H groups in total. The fourth-order valence-electron chi connectivity index (χ4n) is 1.62. The van der Waals surface area contributed by atoms with Crippen molar-refractivity contribution < 1.29 is 32.3 Å². The van der Waals surface area contributed by atoms with Gasteiger partial charge in [-0.05, 0) is 27.7 Å². The van der Waals surface area contributed by atoms with E-state index < -0.39 is 33.5 Å². The third-order valence-corrected chi connectivity index (χ3v) is 5.41. The van der Waals surface area contributed by atoms with Crippen LogP contribution in [0.4, 0.5) is 5.13 Å². The second-order valence-electron chi connectivity index (χ2n) is 6.66. The lowest BCUT2D eigenvalue weighted by Gasteiger charge is -2.21. The highest BCUT2D eigenvalue weighted by atomic mass is 32.2. The standard InChI is InChI=1S/C16H25N3O7S2/c1-6-28(22,23)8-7-24-14(21)12(11-9-27-15(17)18-11)19-26-10(2)13(20)25-16(3,4)5/h9-10H,6-8H2,1-5H3,(H2,17,18)/b19-12-. The first-order valence-corrected chi connectivity index (χ1v) is 11.1. The normalized spacial score (nSPS) is 13.7. The fourth-order valence-corrected chi connectivity index (χ4v) is 2.79. The lowest BCUT2D eigenvalue weighted by Crippen LogP contribution is -2.31. The highest BCUT2D eigenvalue weighted by Gasteiger charge is 2.25. The summed E-state index contributed by atoms with van der Waals surface area (Å²) < 4.78 is 33.1. The molecular formula is C16H25N3O7S2. The molecule has 12 heteroatoms. The molecule has 0 aliphatic rings. The zero-order chi connectivity index (χ0) is 21.5. The molecule has 10 nitrogen and oxygen atoms in total. The molecule has 28 heavy (non-hydrogen) atoms. The molecule has 0 aliphatic heterocycles. The highest BCUT2D eigenvalue weighted by molar-refractivity contribution is 7.91. The Morgan fingerprint density at radius 2 is 2.00 bits per heavy atom. The number of hydrogen-bond acceptors (Lipinski definition) is 11. The van der Waals surface area contributed by atoms with Gasteiger partial charge in [-0.25, -0.2) is 23.0 Å². The van der Waals surface area contributed by atoms with E-state index in [2.05, 4.69) is 10.1 Å². The molecule has 0 spiro atoms. The minimum Gasteiger partial charge on any atom is -0.460 e. The molecule has 1 rings (SSSR count). The van der Waals surface area contributed by atoms with Crippen LogP contribution in [0.15, 0.2) is 10.5 Å². The van der Waals surface area contributed by atoms with Crippen LogP contribution in [0, 0.1) is 0 Å². The van der Waals surface area contributed by atoms with Gasteiger partial charge in [0.05, 0.1) is 5.75 Å². The molecule has 1 heterocycles. The summed E-state index contributed by atoms with van der Waals surface area (Å²) in [6.45, 7) is 7.65. The van der Waals surface area contributed by atoms with Crippen LogP contribution in [0.25, 0.3) is 0 Å². The van der Waals surface area contributed by atoms with Gasteiger partial charge in [-0.3, -0.25) is 0 Å². The third kappa shape index (κ3) is 8.21. The summed E-state index contributed by atoms with van der Waals surface area (Å²) in [5.41, 5.74) is 4.61. The fraction of sp³-hybridized carbons (Fsp3) is 0.625. The van der Waals surface area contributed by atoms with Gasteiger partial charge in [-0.2, -0.15) is 0 Å². The molecule has 1 atom stereocenters. The van der Waals surface area contributed by atoms with E-state index in [1.54, 1.807) is 20.8 Å². The first kappa shape index (κ1) is 23.8. The predicted octanol–water partition coefficient (Wildman–Crippen LogP) is 1.15. The van der Waals surface area contributed by atoms with E-state index in [0.717, 1.165) is 11.3 Å². The number of carbonyl (C=O) groups is 2. The number of aromatic nitrogens is 1. The molecule has 0 amide bonds. The predicted molar refractivity (Wildman–Crippen MR) is 105 cm³/mol. The van der Waals surface area contributed by atoms with Crippen LogP contribution in [-0.2, 0) is 33.7 Å². The Bertz CT molecular complexity index is 826. The van der Waals surface area contributed by atoms with Gasteiger partial charge in [0.1, 0.15) is 17.9 Å². The van der Waals surface area contributed by atoms with Crippen molar-refractivity contribution in [3.8, 4) is 0 Å². The van der Waals surface area contributed by atoms with Crippen LogP contribution in [0.5, 0.6) is 0 Å². The molecule has 158 valence electrons. The van der Waals surface area contributed by atoms with E-state index in [1.165, 1.54) is 19.2 Å². The van der Waals surface area contributed by atoms with Crippen molar-refractivity contribution >= 4 is 44.0 Å². The number of carbonyl (C=O) groups excluding carboxylic acids is 2. The van der Waals surface area contributed by atoms with Gasteiger partial charge >= 0.3 is 11.9 Å². The van der Waals surface area contributed by atoms with Crippen LogP contribution in [0.2, 0.25) is 0 Å². The Labute approximate surface area is 168 Å². The van der Waals surface area contributed by atoms with Crippen LogP contribution in [0.3, 0.4) is 0 Å². The number of rotatable bonds is 9. The molecule has 1 aromatic rings. The van der Waals surface area contributed by atoms with E-state index in [1.807, 2.05) is 0 Å². The first-order chi connectivity index (χ1) is 12.8. The minimum absolute atomic E-state index is 0.0649. The number of nitrogens with two attached hydrogens (primary N) is 1. The number of hydrogen-bond donors (Lipinski definition) is 1. The van der Waals surface area contributed by atoms with Crippen molar-refractivity contribution in [2.45, 2.75) is 46.3 Å². The monoisotopic (exact) mass is 435 g/mol. The summed E-state index contributed by atoms with van der Waals surface area (Å²) in [4.78, 5) is 33.3. The molecule has 0 bridgehead atoms. The lowest BCUT2D eigenvalue weighted by molar-refractivity contribution is -0.167. The Morgan fingerprint density at radius 1 is 1.36 bits per heavy atom. The average Bonchev–Trinajstić information content (AvgIpc) is 2.99. The number of nitrogens with zero attached hydrogens (tertiary/aromatic N) is 2. The second-order valence-corrected chi connectivity index (χ2v) is 10.0. The summed E-state index contributed by atoms with van der Waals surface area (Å²) in [6.07, 6.45) is -1.10. The van der Waals surface area contributed by atoms with Crippen LogP contribution >= 0.6 is 11.3 Å². The summed E-state index contributed by atoms with van der Waals surface area (Å²) in [5.74, 6) is -2.01. The molecule has 0 fully saturated rings. The number of anilines is 1. The van der Waals surface area contributed by atoms with Crippen molar-refractivity contribution in [3.63, 3.8) is 0 Å². The lowest BCUT2D eigenvalue weighted by atomic mass is 10.2. The topological polar surface area (TPSA) is 147 Å². The number of sulfone groups is 1. The Hall–Kier alpha value is -2.21. The summed E-state index contributed by atoms with van der Waals surface area (Å²) in [5, 5.41) is 5.32. The van der Waals surface area contributed by atoms with Crippen molar-refractivity contribution in [1.29, 1.82) is 0 Å². The van der Waals surface area contributed by atoms with E-state index in [9.17, 15) is 18.0 Å². The smallest absolute Gasteiger partial charge is 0.362 e. The molecule has 1 aromatic heterocycles. The van der Waals surface area contributed by atoms with Crippen LogP contribution in [-0.4, -0.2) is 60.9 Å². The van der Waals surface area contributed by atoms with Gasteiger partial charge in [0, 0.05) is 11.1 Å². The van der Waals surface area contributed by atoms with Gasteiger partial charge in [0.25, 0.3) is 0 Å². The first-order valence-electron chi connectivity index (χ1n) is 8.40. The Balaban J connectivity index is 2.89. The summed E-state index contributed by atoms with van der Waals surface area (Å²) in [6, 6.07) is 0. The Morgan fingerprint density at radius 3 is 2.50 bits per heavy atom. The van der Waals surface area contributed by atoms with E-state index >= 15 is 0 Å². The van der Waals surface area contributed by atoms with Gasteiger partial charge < -0.3 is 20.0 Å². The zero-order valence-electron chi connectivity index (χ0n) is 16.4. The SMILES string of the molecule is CCS(=O)(=O)CCOC(=O)/C(=N\OC(C)C(=O)OC(C)(C)C)c1csc(N)n1. The number of thiazole rings is 1. The van der Waals surface area contributed by atoms with Crippen molar-refractivity contribution in [1.82, 2.24) is 4.98 Å². The number of esters is 2.